The molecule has 5 atom stereocenters. The molecule has 3 unspecified atom stereocenters. The van der Waals surface area contributed by atoms with Gasteiger partial charge < -0.3 is 40.0 Å². The van der Waals surface area contributed by atoms with Crippen LogP contribution < -0.4 is 15.5 Å². The molecule has 2 aliphatic rings. The van der Waals surface area contributed by atoms with E-state index in [0.29, 0.717) is 37.4 Å². The van der Waals surface area contributed by atoms with Crippen molar-refractivity contribution in [3.05, 3.63) is 78.1 Å². The van der Waals surface area contributed by atoms with Crippen LogP contribution in [0, 0.1) is 0 Å². The number of carbonyl (C=O) groups excluding carboxylic acids is 2. The van der Waals surface area contributed by atoms with Gasteiger partial charge in [-0.25, -0.2) is 14.6 Å². The van der Waals surface area contributed by atoms with Crippen LogP contribution in [0.5, 0.6) is 0 Å². The quantitative estimate of drug-likeness (QED) is 0.174. The van der Waals surface area contributed by atoms with Gasteiger partial charge >= 0.3 is 18.2 Å². The number of imidazole rings is 1. The highest BCUT2D eigenvalue weighted by Crippen LogP contribution is 2.35. The highest BCUT2D eigenvalue weighted by Gasteiger charge is 2.47. The summed E-state index contributed by atoms with van der Waals surface area (Å²) in [5.41, 5.74) is 1.93. The summed E-state index contributed by atoms with van der Waals surface area (Å²) in [7, 11) is 0. The summed E-state index contributed by atoms with van der Waals surface area (Å²) in [6, 6.07) is 19.6. The summed E-state index contributed by atoms with van der Waals surface area (Å²) in [4.78, 5) is 39.8. The first-order chi connectivity index (χ1) is 24.7. The zero-order chi connectivity index (χ0) is 37.2. The van der Waals surface area contributed by atoms with Gasteiger partial charge in [0.25, 0.3) is 0 Å². The van der Waals surface area contributed by atoms with Crippen molar-refractivity contribution in [2.75, 3.05) is 36.5 Å². The molecule has 1 amide bonds. The number of rotatable bonds is 10. The van der Waals surface area contributed by atoms with Crippen LogP contribution in [0.2, 0.25) is 0 Å². The normalized spacial score (nSPS) is 22.2. The monoisotopic (exact) mass is 727 g/mol. The van der Waals surface area contributed by atoms with Crippen LogP contribution in [-0.4, -0.2) is 104 Å². The molecular formula is C35H40F3N7O7. The number of benzene rings is 2. The van der Waals surface area contributed by atoms with Gasteiger partial charge in [0.05, 0.1) is 12.4 Å². The van der Waals surface area contributed by atoms with Gasteiger partial charge in [0.1, 0.15) is 30.5 Å². The second kappa shape index (κ2) is 14.9. The van der Waals surface area contributed by atoms with Gasteiger partial charge in [-0.05, 0) is 38.3 Å². The molecule has 278 valence electrons. The van der Waals surface area contributed by atoms with Gasteiger partial charge in [0.15, 0.2) is 23.2 Å². The van der Waals surface area contributed by atoms with Gasteiger partial charge in [0, 0.05) is 25.6 Å². The minimum atomic E-state index is -5.24. The van der Waals surface area contributed by atoms with Crippen LogP contribution in [0.1, 0.15) is 50.5 Å². The molecule has 0 bridgehead atoms. The highest BCUT2D eigenvalue weighted by atomic mass is 19.4. The topological polar surface area (TPSA) is 173 Å². The Morgan fingerprint density at radius 1 is 1.00 bits per heavy atom. The van der Waals surface area contributed by atoms with Crippen molar-refractivity contribution in [3.8, 4) is 0 Å². The number of aromatic nitrogens is 4. The smallest absolute Gasteiger partial charge is 0.456 e. The fourth-order valence-corrected chi connectivity index (χ4v) is 6.22. The fraction of sp³-hybridized carbons (Fsp3) is 0.457. The minimum absolute atomic E-state index is 0.0950. The maximum absolute atomic E-state index is 12.7. The molecule has 4 heterocycles. The maximum atomic E-state index is 12.7. The van der Waals surface area contributed by atoms with Crippen molar-refractivity contribution in [2.45, 2.75) is 75.5 Å². The van der Waals surface area contributed by atoms with Crippen molar-refractivity contribution in [2.24, 2.45) is 0 Å². The van der Waals surface area contributed by atoms with E-state index in [0.717, 1.165) is 11.1 Å². The van der Waals surface area contributed by atoms with Crippen molar-refractivity contribution in [3.63, 3.8) is 0 Å². The Morgan fingerprint density at radius 3 is 2.27 bits per heavy atom. The molecule has 0 spiro atoms. The number of anilines is 2. The maximum Gasteiger partial charge on any atom is 0.490 e. The molecule has 2 aliphatic heterocycles. The Hall–Kier alpha value is -5.00. The molecule has 4 N–H and O–H groups in total. The molecule has 4 aromatic rings. The van der Waals surface area contributed by atoms with E-state index in [1.807, 2.05) is 65.6 Å². The summed E-state index contributed by atoms with van der Waals surface area (Å²) >= 11 is 0. The summed E-state index contributed by atoms with van der Waals surface area (Å²) < 4.78 is 55.0. The molecule has 2 aromatic heterocycles. The van der Waals surface area contributed by atoms with Gasteiger partial charge in [-0.3, -0.25) is 4.57 Å². The van der Waals surface area contributed by atoms with E-state index in [1.54, 1.807) is 20.8 Å². The van der Waals surface area contributed by atoms with Gasteiger partial charge in [0.2, 0.25) is 5.95 Å². The lowest BCUT2D eigenvalue weighted by atomic mass is 9.91. The SMILES string of the molecule is CC(C)(C)OC(=O)NC1CCN(c2nc(NCC(c3ccccc3)c3ccccc3)c3ncn([C@@H]4O[C@H](COC(=O)C(F)(F)F)C(O)C4O)c3n2)C1. The van der Waals surface area contributed by atoms with Crippen LogP contribution >= 0.6 is 0 Å². The highest BCUT2D eigenvalue weighted by molar-refractivity contribution is 5.84. The lowest BCUT2D eigenvalue weighted by molar-refractivity contribution is -0.203. The summed E-state index contributed by atoms with van der Waals surface area (Å²) in [5, 5.41) is 27.9. The molecular weight excluding hydrogens is 687 g/mol. The summed E-state index contributed by atoms with van der Waals surface area (Å²) in [5.74, 6) is -1.92. The number of aliphatic hydroxyl groups excluding tert-OH is 2. The predicted molar refractivity (Wildman–Crippen MR) is 181 cm³/mol. The Morgan fingerprint density at radius 2 is 1.65 bits per heavy atom. The number of ether oxygens (including phenoxy) is 3. The number of carbonyl (C=O) groups is 2. The van der Waals surface area contributed by atoms with E-state index in [1.165, 1.54) is 10.9 Å². The predicted octanol–water partition coefficient (Wildman–Crippen LogP) is 3.90. The Bertz CT molecular complexity index is 1820. The lowest BCUT2D eigenvalue weighted by Crippen LogP contribution is -2.40. The number of hydrogen-bond donors (Lipinski definition) is 4. The van der Waals surface area contributed by atoms with Crippen LogP contribution in [0.3, 0.4) is 0 Å². The van der Waals surface area contributed by atoms with E-state index in [9.17, 15) is 33.0 Å². The second-order valence-electron chi connectivity index (χ2n) is 13.7. The Kier molecular flexibility index (Phi) is 10.6. The molecule has 0 aliphatic carbocycles. The number of fused-ring (bicyclic) bond motifs is 1. The Balaban J connectivity index is 1.31. The van der Waals surface area contributed by atoms with Gasteiger partial charge in [-0.15, -0.1) is 0 Å². The van der Waals surface area contributed by atoms with Crippen LogP contribution in [-0.2, 0) is 19.0 Å². The molecule has 2 saturated heterocycles. The average molecular weight is 728 g/mol. The molecule has 17 heteroatoms. The average Bonchev–Trinajstić information content (AvgIpc) is 3.81. The van der Waals surface area contributed by atoms with E-state index in [2.05, 4.69) is 20.4 Å². The minimum Gasteiger partial charge on any atom is -0.456 e. The van der Waals surface area contributed by atoms with Crippen molar-refractivity contribution >= 4 is 35.0 Å². The van der Waals surface area contributed by atoms with Gasteiger partial charge in [-0.2, -0.15) is 23.1 Å². The van der Waals surface area contributed by atoms with E-state index in [-0.39, 0.29) is 23.6 Å². The third kappa shape index (κ3) is 8.37. The summed E-state index contributed by atoms with van der Waals surface area (Å²) in [6.45, 7) is 5.59. The first-order valence-corrected chi connectivity index (χ1v) is 16.8. The van der Waals surface area contributed by atoms with Crippen LogP contribution in [0.25, 0.3) is 11.2 Å². The molecule has 2 aromatic carbocycles. The van der Waals surface area contributed by atoms with E-state index in [4.69, 9.17) is 19.4 Å². The molecule has 2 fully saturated rings. The molecule has 0 radical (unpaired) electrons. The number of nitrogens with zero attached hydrogens (tertiary/aromatic N) is 5. The zero-order valence-electron chi connectivity index (χ0n) is 28.7. The third-order valence-electron chi connectivity index (χ3n) is 8.70. The number of aliphatic hydroxyl groups is 2. The van der Waals surface area contributed by atoms with Crippen molar-refractivity contribution in [1.29, 1.82) is 0 Å². The van der Waals surface area contributed by atoms with E-state index >= 15 is 0 Å². The van der Waals surface area contributed by atoms with Gasteiger partial charge in [-0.1, -0.05) is 60.7 Å². The molecule has 14 nitrogen and oxygen atoms in total. The second-order valence-corrected chi connectivity index (χ2v) is 13.7. The molecule has 0 saturated carbocycles. The third-order valence-corrected chi connectivity index (χ3v) is 8.70. The number of amides is 1. The number of alkyl carbamates (subject to hydrolysis) is 1. The van der Waals surface area contributed by atoms with Crippen molar-refractivity contribution < 1.29 is 47.2 Å². The van der Waals surface area contributed by atoms with Crippen molar-refractivity contribution in [1.82, 2.24) is 24.8 Å². The number of esters is 1. The number of halogens is 3. The first-order valence-electron chi connectivity index (χ1n) is 16.8. The first kappa shape index (κ1) is 36.8. The number of nitrogens with one attached hydrogen (secondary N) is 2. The summed E-state index contributed by atoms with van der Waals surface area (Å²) in [6.07, 6.45) is -10.1. The number of alkyl halides is 3. The van der Waals surface area contributed by atoms with Crippen LogP contribution in [0.4, 0.5) is 29.7 Å². The molecule has 6 rings (SSSR count). The van der Waals surface area contributed by atoms with Crippen LogP contribution in [0.15, 0.2) is 67.0 Å². The molecule has 52 heavy (non-hydrogen) atoms. The van der Waals surface area contributed by atoms with E-state index < -0.39 is 55.0 Å². The fourth-order valence-electron chi connectivity index (χ4n) is 6.22. The standard InChI is InChI=1S/C35H40F3N7O7/c1-34(2,3)52-33(49)41-22-14-15-44(17-22)32-42-28(39-16-23(20-10-6-4-7-11-20)21-12-8-5-9-13-21)25-29(43-32)45(19-40-25)30-27(47)26(46)24(51-30)18-50-31(48)35(36,37)38/h4-13,19,22-24,26-27,30,46-47H,14-18H2,1-3H3,(H,41,49)(H,39,42,43)/t22?,24-,26?,27?,30-/m1/s1. The lowest BCUT2D eigenvalue weighted by Gasteiger charge is -2.23. The Labute approximate surface area is 296 Å². The largest absolute Gasteiger partial charge is 0.490 e. The number of hydrogen-bond acceptors (Lipinski definition) is 12. The zero-order valence-corrected chi connectivity index (χ0v) is 28.7.